The van der Waals surface area contributed by atoms with Crippen LogP contribution in [-0.2, 0) is 20.2 Å². The average molecular weight is 370 g/mol. The number of aromatic carboxylic acids is 1. The van der Waals surface area contributed by atoms with Crippen LogP contribution >= 0.6 is 7.60 Å². The largest absolute Gasteiger partial charge is 0.478 e. The maximum atomic E-state index is 12.6. The first-order valence-corrected chi connectivity index (χ1v) is 10.3. The molecule has 0 aliphatic carbocycles. The molecule has 0 saturated carbocycles. The number of benzene rings is 1. The number of carboxylic acids is 1. The van der Waals surface area contributed by atoms with Crippen molar-refractivity contribution in [1.29, 1.82) is 0 Å². The molecule has 2 rings (SSSR count). The molecule has 1 aliphatic heterocycles. The fraction of sp³-hybridized carbons (Fsp3) is 0.588. The highest BCUT2D eigenvalue weighted by Gasteiger charge is 2.29. The van der Waals surface area contributed by atoms with Crippen molar-refractivity contribution < 1.29 is 23.5 Å². The Morgan fingerprint density at radius 3 is 2.04 bits per heavy atom. The van der Waals surface area contributed by atoms with Crippen LogP contribution in [0.1, 0.15) is 29.8 Å². The van der Waals surface area contributed by atoms with E-state index in [1.54, 1.807) is 12.1 Å². The molecule has 0 aromatic heterocycles. The first-order valence-electron chi connectivity index (χ1n) is 8.61. The Balaban J connectivity index is 1.82. The number of nitrogens with zero attached hydrogens (tertiary/aromatic N) is 2. The van der Waals surface area contributed by atoms with Gasteiger partial charge in [-0.3, -0.25) is 14.4 Å². The van der Waals surface area contributed by atoms with Crippen molar-refractivity contribution >= 4 is 13.6 Å². The molecule has 0 spiro atoms. The molecular weight excluding hydrogens is 343 g/mol. The Labute approximate surface area is 149 Å². The van der Waals surface area contributed by atoms with Crippen LogP contribution in [0.25, 0.3) is 0 Å². The monoisotopic (exact) mass is 370 g/mol. The zero-order valence-corrected chi connectivity index (χ0v) is 15.8. The van der Waals surface area contributed by atoms with Crippen molar-refractivity contribution in [3.8, 4) is 0 Å². The highest BCUT2D eigenvalue weighted by molar-refractivity contribution is 7.53. The van der Waals surface area contributed by atoms with Crippen LogP contribution in [0.2, 0.25) is 0 Å². The molecule has 1 N–H and O–H groups in total. The molecule has 1 heterocycles. The van der Waals surface area contributed by atoms with Gasteiger partial charge in [0.15, 0.2) is 0 Å². The molecule has 0 atom stereocenters. The van der Waals surface area contributed by atoms with Crippen molar-refractivity contribution in [2.45, 2.75) is 20.4 Å². The third-order valence-electron chi connectivity index (χ3n) is 4.10. The minimum atomic E-state index is -3.04. The Kier molecular flexibility index (Phi) is 7.59. The maximum Gasteiger partial charge on any atom is 0.344 e. The Bertz CT molecular complexity index is 590. The number of carboxylic acid groups (broad SMARTS) is 1. The standard InChI is InChI=1S/C17H27N2O5P/c1-3-23-25(22,24-4-2)14-19-11-9-18(10-12-19)13-15-5-7-16(8-6-15)17(20)21/h5-8H,3-4,9-14H2,1-2H3,(H,20,21). The van der Waals surface area contributed by atoms with E-state index in [4.69, 9.17) is 14.2 Å². The summed E-state index contributed by atoms with van der Waals surface area (Å²) in [4.78, 5) is 15.3. The lowest BCUT2D eigenvalue weighted by Crippen LogP contribution is -2.46. The van der Waals surface area contributed by atoms with Crippen molar-refractivity contribution in [2.75, 3.05) is 45.7 Å². The third kappa shape index (κ3) is 6.20. The molecule has 0 radical (unpaired) electrons. The van der Waals surface area contributed by atoms with E-state index in [-0.39, 0.29) is 0 Å². The van der Waals surface area contributed by atoms with Crippen LogP contribution in [0.5, 0.6) is 0 Å². The molecule has 1 aromatic carbocycles. The molecule has 1 aliphatic rings. The van der Waals surface area contributed by atoms with E-state index in [2.05, 4.69) is 9.80 Å². The van der Waals surface area contributed by atoms with Gasteiger partial charge in [-0.05, 0) is 31.5 Å². The molecule has 8 heteroatoms. The normalized spacial score (nSPS) is 16.9. The first-order chi connectivity index (χ1) is 12.0. The highest BCUT2D eigenvalue weighted by Crippen LogP contribution is 2.48. The van der Waals surface area contributed by atoms with Gasteiger partial charge >= 0.3 is 13.6 Å². The predicted molar refractivity (Wildman–Crippen MR) is 96.0 cm³/mol. The highest BCUT2D eigenvalue weighted by atomic mass is 31.2. The van der Waals surface area contributed by atoms with Gasteiger partial charge in [0.05, 0.1) is 18.8 Å². The van der Waals surface area contributed by atoms with E-state index >= 15 is 0 Å². The SMILES string of the molecule is CCOP(=O)(CN1CCN(Cc2ccc(C(=O)O)cc2)CC1)OCC. The van der Waals surface area contributed by atoms with Crippen molar-refractivity contribution in [3.05, 3.63) is 35.4 Å². The maximum absolute atomic E-state index is 12.6. The number of hydrogen-bond acceptors (Lipinski definition) is 6. The smallest absolute Gasteiger partial charge is 0.344 e. The van der Waals surface area contributed by atoms with Gasteiger partial charge in [-0.15, -0.1) is 0 Å². The number of rotatable bonds is 9. The third-order valence-corrected chi connectivity index (χ3v) is 6.15. The molecule has 0 bridgehead atoms. The van der Waals surface area contributed by atoms with E-state index in [1.165, 1.54) is 0 Å². The van der Waals surface area contributed by atoms with Crippen LogP contribution in [0.15, 0.2) is 24.3 Å². The number of piperazine rings is 1. The molecule has 140 valence electrons. The molecule has 0 amide bonds. The summed E-state index contributed by atoms with van der Waals surface area (Å²) < 4.78 is 23.3. The van der Waals surface area contributed by atoms with Gasteiger partial charge in [-0.1, -0.05) is 12.1 Å². The molecule has 1 saturated heterocycles. The summed E-state index contributed by atoms with van der Waals surface area (Å²) in [5, 5.41) is 8.94. The lowest BCUT2D eigenvalue weighted by molar-refractivity contribution is 0.0696. The Morgan fingerprint density at radius 2 is 1.56 bits per heavy atom. The lowest BCUT2D eigenvalue weighted by atomic mass is 10.1. The second kappa shape index (κ2) is 9.46. The second-order valence-corrected chi connectivity index (χ2v) is 8.01. The summed E-state index contributed by atoms with van der Waals surface area (Å²) in [6, 6.07) is 6.98. The molecule has 0 unspecified atom stereocenters. The number of carbonyl (C=O) groups is 1. The zero-order chi connectivity index (χ0) is 18.3. The fourth-order valence-corrected chi connectivity index (χ4v) is 4.65. The van der Waals surface area contributed by atoms with Gasteiger partial charge < -0.3 is 14.2 Å². The van der Waals surface area contributed by atoms with E-state index < -0.39 is 13.6 Å². The fourth-order valence-electron chi connectivity index (χ4n) is 2.86. The molecule has 7 nitrogen and oxygen atoms in total. The first kappa shape index (κ1) is 20.1. The molecule has 25 heavy (non-hydrogen) atoms. The van der Waals surface area contributed by atoms with E-state index in [1.807, 2.05) is 26.0 Å². The Morgan fingerprint density at radius 1 is 1.04 bits per heavy atom. The van der Waals surface area contributed by atoms with Crippen LogP contribution in [0, 0.1) is 0 Å². The summed E-state index contributed by atoms with van der Waals surface area (Å²) in [6.45, 7) is 8.50. The van der Waals surface area contributed by atoms with Gasteiger partial charge in [-0.2, -0.15) is 0 Å². The van der Waals surface area contributed by atoms with Crippen molar-refractivity contribution in [2.24, 2.45) is 0 Å². The molecule has 1 fully saturated rings. The minimum Gasteiger partial charge on any atom is -0.478 e. The summed E-state index contributed by atoms with van der Waals surface area (Å²) >= 11 is 0. The summed E-state index contributed by atoms with van der Waals surface area (Å²) in [5.74, 6) is -0.909. The van der Waals surface area contributed by atoms with Gasteiger partial charge in [-0.25, -0.2) is 4.79 Å². The predicted octanol–water partition coefficient (Wildman–Crippen LogP) is 2.73. The van der Waals surface area contributed by atoms with E-state index in [0.717, 1.165) is 38.3 Å². The Hall–Kier alpha value is -1.24. The van der Waals surface area contributed by atoms with E-state index in [0.29, 0.717) is 25.1 Å². The van der Waals surface area contributed by atoms with Gasteiger partial charge in [0.1, 0.15) is 6.29 Å². The van der Waals surface area contributed by atoms with Crippen LogP contribution in [0.3, 0.4) is 0 Å². The van der Waals surface area contributed by atoms with Crippen LogP contribution in [-0.4, -0.2) is 66.6 Å². The van der Waals surface area contributed by atoms with Gasteiger partial charge in [0, 0.05) is 32.7 Å². The van der Waals surface area contributed by atoms with Gasteiger partial charge in [0.25, 0.3) is 0 Å². The molecular formula is C17H27N2O5P. The lowest BCUT2D eigenvalue weighted by Gasteiger charge is -2.35. The summed E-state index contributed by atoms with van der Waals surface area (Å²) in [5.41, 5.74) is 1.39. The number of hydrogen-bond donors (Lipinski definition) is 1. The molecule has 1 aromatic rings. The van der Waals surface area contributed by atoms with Crippen LogP contribution in [0.4, 0.5) is 0 Å². The second-order valence-electron chi connectivity index (χ2n) is 5.98. The zero-order valence-electron chi connectivity index (χ0n) is 14.9. The minimum absolute atomic E-state index is 0.302. The van der Waals surface area contributed by atoms with Crippen LogP contribution < -0.4 is 0 Å². The topological polar surface area (TPSA) is 79.3 Å². The average Bonchev–Trinajstić information content (AvgIpc) is 2.57. The van der Waals surface area contributed by atoms with Crippen molar-refractivity contribution in [3.63, 3.8) is 0 Å². The summed E-state index contributed by atoms with van der Waals surface area (Å²) in [7, 11) is -3.04. The summed E-state index contributed by atoms with van der Waals surface area (Å²) in [6.07, 6.45) is 0.329. The quantitative estimate of drug-likeness (QED) is 0.670. The van der Waals surface area contributed by atoms with Crippen molar-refractivity contribution in [1.82, 2.24) is 9.80 Å². The van der Waals surface area contributed by atoms with Gasteiger partial charge in [0.2, 0.25) is 0 Å². The van der Waals surface area contributed by atoms with E-state index in [9.17, 15) is 9.36 Å².